The minimum Gasteiger partial charge on any atom is -0.326 e. The van der Waals surface area contributed by atoms with E-state index in [4.69, 9.17) is 16.7 Å². The van der Waals surface area contributed by atoms with Crippen molar-refractivity contribution < 1.29 is 28.4 Å². The van der Waals surface area contributed by atoms with Gasteiger partial charge in [0.2, 0.25) is 17.1 Å². The Morgan fingerprint density at radius 2 is 1.51 bits per heavy atom. The lowest BCUT2D eigenvalue weighted by Gasteiger charge is -2.22. The number of rotatable bonds is 9. The van der Waals surface area contributed by atoms with Gasteiger partial charge in [-0.25, -0.2) is 0 Å². The first-order valence-electron chi connectivity index (χ1n) is 13.3. The second-order valence-corrected chi connectivity index (χ2v) is 10.1. The van der Waals surface area contributed by atoms with Crippen LogP contribution < -0.4 is 25.5 Å². The fourth-order valence-electron chi connectivity index (χ4n) is 4.60. The molecule has 0 spiro atoms. The van der Waals surface area contributed by atoms with E-state index in [1.807, 2.05) is 6.07 Å². The number of thiocarbonyl (C=S) groups is 1. The van der Waals surface area contributed by atoms with Gasteiger partial charge >= 0.3 is 5.88 Å². The quantitative estimate of drug-likeness (QED) is 0.197. The van der Waals surface area contributed by atoms with Crippen LogP contribution in [0.5, 0.6) is 0 Å². The van der Waals surface area contributed by atoms with Crippen LogP contribution >= 0.6 is 12.2 Å². The molecule has 1 saturated heterocycles. The lowest BCUT2D eigenvalue weighted by atomic mass is 10.1. The summed E-state index contributed by atoms with van der Waals surface area (Å²) in [7, 11) is 1.64. The molecule has 1 atom stereocenters. The van der Waals surface area contributed by atoms with Crippen LogP contribution in [0.2, 0.25) is 0 Å². The van der Waals surface area contributed by atoms with Crippen LogP contribution in [-0.4, -0.2) is 45.0 Å². The second kappa shape index (κ2) is 12.6. The van der Waals surface area contributed by atoms with Crippen LogP contribution in [0, 0.1) is 0 Å². The van der Waals surface area contributed by atoms with Crippen LogP contribution in [0.3, 0.4) is 0 Å². The van der Waals surface area contributed by atoms with Crippen LogP contribution in [0.15, 0.2) is 89.5 Å². The van der Waals surface area contributed by atoms with E-state index in [0.29, 0.717) is 28.3 Å². The largest absolute Gasteiger partial charge is 0.326 e. The molecule has 5 rings (SSSR count). The SMILES string of the molecule is CC(=O)Nc1ccc(NC(=O)CC2C(=O)N(c3ccccc3)C(=S)N2Cc2c(NC(=O)c3ccccc3)on[n+]2C)cc1. The van der Waals surface area contributed by atoms with Crippen molar-refractivity contribution in [3.05, 3.63) is 96.2 Å². The van der Waals surface area contributed by atoms with Gasteiger partial charge in [-0.3, -0.25) is 33.9 Å². The van der Waals surface area contributed by atoms with Gasteiger partial charge in [-0.05, 0) is 65.4 Å². The minimum atomic E-state index is -0.959. The lowest BCUT2D eigenvalue weighted by molar-refractivity contribution is -0.746. The Hall–Kier alpha value is -5.43. The van der Waals surface area contributed by atoms with E-state index >= 15 is 0 Å². The molecule has 0 bridgehead atoms. The van der Waals surface area contributed by atoms with Crippen molar-refractivity contribution in [2.75, 3.05) is 20.9 Å². The number of benzene rings is 3. The lowest BCUT2D eigenvalue weighted by Crippen LogP contribution is -2.43. The van der Waals surface area contributed by atoms with E-state index in [1.165, 1.54) is 16.5 Å². The first-order chi connectivity index (χ1) is 20.7. The van der Waals surface area contributed by atoms with Crippen LogP contribution in [-0.2, 0) is 28.0 Å². The molecule has 3 aromatic carbocycles. The number of nitrogens with one attached hydrogen (secondary N) is 3. The molecule has 43 heavy (non-hydrogen) atoms. The molecule has 2 heterocycles. The van der Waals surface area contributed by atoms with Gasteiger partial charge < -0.3 is 15.5 Å². The van der Waals surface area contributed by atoms with Gasteiger partial charge in [0.1, 0.15) is 12.6 Å². The average Bonchev–Trinajstić information content (AvgIpc) is 3.45. The summed E-state index contributed by atoms with van der Waals surface area (Å²) in [4.78, 5) is 54.1. The summed E-state index contributed by atoms with van der Waals surface area (Å²) < 4.78 is 6.84. The smallest absolute Gasteiger partial charge is 0.307 e. The van der Waals surface area contributed by atoms with Gasteiger partial charge in [-0.2, -0.15) is 0 Å². The molecule has 1 aliphatic heterocycles. The Morgan fingerprint density at radius 1 is 0.907 bits per heavy atom. The highest BCUT2D eigenvalue weighted by atomic mass is 32.1. The average molecular weight is 599 g/mol. The molecular formula is C30H28N7O5S+. The van der Waals surface area contributed by atoms with Gasteiger partial charge in [0.25, 0.3) is 17.5 Å². The first-order valence-corrected chi connectivity index (χ1v) is 13.7. The molecule has 0 aliphatic carbocycles. The molecule has 218 valence electrons. The predicted octanol–water partition coefficient (Wildman–Crippen LogP) is 3.24. The number of hydrogen-bond acceptors (Lipinski definition) is 7. The van der Waals surface area contributed by atoms with E-state index in [0.717, 1.165) is 0 Å². The number of nitrogens with zero attached hydrogens (tertiary/aromatic N) is 4. The standard InChI is InChI=1S/C30H27N7O5S/c1-19(38)31-21-13-15-22(16-14-21)32-26(39)17-24-29(41)37(23-11-7-4-8-12-23)30(43)36(24)18-25-28(42-34-35(25)2)33-27(40)20-9-5-3-6-10-20/h3-16,24,34H,17-18H2,1-2H3,(H,33,40)/p+1. The highest BCUT2D eigenvalue weighted by Crippen LogP contribution is 2.29. The Morgan fingerprint density at radius 3 is 2.14 bits per heavy atom. The van der Waals surface area contributed by atoms with Gasteiger partial charge in [-0.1, -0.05) is 36.4 Å². The van der Waals surface area contributed by atoms with Crippen LogP contribution in [0.1, 0.15) is 29.4 Å². The molecule has 1 fully saturated rings. The Labute approximate surface area is 252 Å². The maximum atomic E-state index is 13.8. The molecule has 0 saturated carbocycles. The third-order valence-electron chi connectivity index (χ3n) is 6.69. The number of hydrogen-bond donors (Lipinski definition) is 3. The number of carbonyl (C=O) groups excluding carboxylic acids is 4. The zero-order valence-electron chi connectivity index (χ0n) is 23.3. The Bertz CT molecular complexity index is 1680. The number of carbonyl (C=O) groups is 4. The van der Waals surface area contributed by atoms with E-state index in [9.17, 15) is 19.2 Å². The minimum absolute atomic E-state index is 0.0155. The summed E-state index contributed by atoms with van der Waals surface area (Å²) >= 11 is 5.77. The zero-order valence-corrected chi connectivity index (χ0v) is 24.1. The van der Waals surface area contributed by atoms with Crippen LogP contribution in [0.4, 0.5) is 22.9 Å². The summed E-state index contributed by atoms with van der Waals surface area (Å²) in [5.74, 6) is -1.31. The fraction of sp³-hybridized carbons (Fsp3) is 0.167. The molecule has 1 unspecified atom stereocenters. The molecular weight excluding hydrogens is 570 g/mol. The number of amides is 4. The summed E-state index contributed by atoms with van der Waals surface area (Å²) in [6.07, 6.45) is -0.212. The number of aromatic nitrogens is 2. The van der Waals surface area contributed by atoms with E-state index in [1.54, 1.807) is 90.8 Å². The molecule has 4 amide bonds. The van der Waals surface area contributed by atoms with Crippen molar-refractivity contribution in [3.8, 4) is 0 Å². The van der Waals surface area contributed by atoms with Crippen molar-refractivity contribution >= 4 is 63.9 Å². The van der Waals surface area contributed by atoms with Gasteiger partial charge in [0.05, 0.1) is 12.1 Å². The summed E-state index contributed by atoms with van der Waals surface area (Å²) in [5.41, 5.74) is 2.51. The number of para-hydroxylation sites is 1. The highest BCUT2D eigenvalue weighted by molar-refractivity contribution is 7.80. The van der Waals surface area contributed by atoms with Crippen LogP contribution in [0.25, 0.3) is 0 Å². The monoisotopic (exact) mass is 598 g/mol. The summed E-state index contributed by atoms with van der Waals surface area (Å²) in [6.45, 7) is 1.42. The predicted molar refractivity (Wildman–Crippen MR) is 162 cm³/mol. The molecule has 1 aliphatic rings. The van der Waals surface area contributed by atoms with Crippen molar-refractivity contribution in [3.63, 3.8) is 0 Å². The van der Waals surface area contributed by atoms with Crippen molar-refractivity contribution in [2.24, 2.45) is 7.05 Å². The maximum Gasteiger partial charge on any atom is 0.307 e. The Kier molecular flexibility index (Phi) is 8.53. The van der Waals surface area contributed by atoms with Gasteiger partial charge in [0.15, 0.2) is 12.2 Å². The number of anilines is 4. The van der Waals surface area contributed by atoms with Crippen molar-refractivity contribution in [2.45, 2.75) is 25.9 Å². The van der Waals surface area contributed by atoms with E-state index < -0.39 is 17.9 Å². The first kappa shape index (κ1) is 29.1. The molecule has 3 N–H and O–H groups in total. The second-order valence-electron chi connectivity index (χ2n) is 9.74. The molecule has 4 aromatic rings. The highest BCUT2D eigenvalue weighted by Gasteiger charge is 2.46. The summed E-state index contributed by atoms with van der Waals surface area (Å²) in [5, 5.41) is 12.3. The fourth-order valence-corrected chi connectivity index (χ4v) is 4.99. The molecule has 0 radical (unpaired) electrons. The van der Waals surface area contributed by atoms with Crippen molar-refractivity contribution in [1.82, 2.24) is 10.2 Å². The zero-order chi connectivity index (χ0) is 30.5. The molecule has 1 aromatic heterocycles. The third kappa shape index (κ3) is 6.57. The summed E-state index contributed by atoms with van der Waals surface area (Å²) in [6, 6.07) is 23.2. The third-order valence-corrected chi connectivity index (χ3v) is 7.11. The number of aryl methyl sites for hydroxylation is 1. The maximum absolute atomic E-state index is 13.8. The van der Waals surface area contributed by atoms with E-state index in [2.05, 4.69) is 21.2 Å². The topological polar surface area (TPSA) is 141 Å². The van der Waals surface area contributed by atoms with Gasteiger partial charge in [0, 0.05) is 23.9 Å². The van der Waals surface area contributed by atoms with E-state index in [-0.39, 0.29) is 35.8 Å². The molecule has 13 heteroatoms. The normalized spacial score (nSPS) is 14.5. The van der Waals surface area contributed by atoms with Gasteiger partial charge in [-0.15, -0.1) is 0 Å². The Balaban J connectivity index is 1.39. The molecule has 12 nitrogen and oxygen atoms in total. The van der Waals surface area contributed by atoms with Crippen molar-refractivity contribution in [1.29, 1.82) is 0 Å².